The first-order valence-corrected chi connectivity index (χ1v) is 14.4. The molecule has 1 aromatic carbocycles. The minimum absolute atomic E-state index is 0.0595. The highest BCUT2D eigenvalue weighted by Gasteiger charge is 2.38. The highest BCUT2D eigenvalue weighted by Crippen LogP contribution is 2.21. The molecule has 1 aliphatic rings. The van der Waals surface area contributed by atoms with Crippen LogP contribution in [0, 0.1) is 5.92 Å². The molecule has 0 spiro atoms. The maximum atomic E-state index is 13.3. The average Bonchev–Trinajstić information content (AvgIpc) is 3.53. The van der Waals surface area contributed by atoms with Crippen molar-refractivity contribution in [3.8, 4) is 0 Å². The molecule has 0 aliphatic carbocycles. The summed E-state index contributed by atoms with van der Waals surface area (Å²) >= 11 is 1.60. The van der Waals surface area contributed by atoms with E-state index in [9.17, 15) is 24.3 Å². The van der Waals surface area contributed by atoms with Gasteiger partial charge in [-0.15, -0.1) is 0 Å². The fourth-order valence-electron chi connectivity index (χ4n) is 4.85. The second kappa shape index (κ2) is 13.7. The number of likely N-dealkylation sites (tertiary alicyclic amines) is 1. The van der Waals surface area contributed by atoms with E-state index in [4.69, 9.17) is 5.73 Å². The summed E-state index contributed by atoms with van der Waals surface area (Å²) in [4.78, 5) is 56.1. The summed E-state index contributed by atoms with van der Waals surface area (Å²) in [6.07, 6.45) is 5.79. The Bertz CT molecular complexity index is 1140. The summed E-state index contributed by atoms with van der Waals surface area (Å²) < 4.78 is 0. The van der Waals surface area contributed by atoms with Crippen LogP contribution in [0.25, 0.3) is 10.9 Å². The maximum Gasteiger partial charge on any atom is 0.326 e. The summed E-state index contributed by atoms with van der Waals surface area (Å²) in [5, 5.41) is 16.2. The molecule has 1 fully saturated rings. The number of fused-ring (bicyclic) bond motifs is 1. The van der Waals surface area contributed by atoms with E-state index >= 15 is 0 Å². The third-order valence-electron chi connectivity index (χ3n) is 6.84. The van der Waals surface area contributed by atoms with Crippen molar-refractivity contribution in [3.05, 3.63) is 36.0 Å². The lowest BCUT2D eigenvalue weighted by atomic mass is 10.0. The number of nitrogens with one attached hydrogen (secondary N) is 3. The van der Waals surface area contributed by atoms with Crippen LogP contribution in [-0.2, 0) is 25.6 Å². The van der Waals surface area contributed by atoms with E-state index in [1.165, 1.54) is 4.90 Å². The molecule has 11 heteroatoms. The summed E-state index contributed by atoms with van der Waals surface area (Å²) in [6, 6.07) is 4.06. The number of thioether (sulfide) groups is 1. The quantitative estimate of drug-likeness (QED) is 0.257. The van der Waals surface area contributed by atoms with E-state index in [0.29, 0.717) is 32.2 Å². The number of hydrogen-bond donors (Lipinski definition) is 5. The Morgan fingerprint density at radius 3 is 2.61 bits per heavy atom. The van der Waals surface area contributed by atoms with Gasteiger partial charge in [-0.25, -0.2) is 4.79 Å². The number of carboxylic acid groups (broad SMARTS) is 1. The van der Waals surface area contributed by atoms with Gasteiger partial charge < -0.3 is 31.4 Å². The number of aromatic amines is 1. The molecular weight excluding hydrogens is 506 g/mol. The zero-order chi connectivity index (χ0) is 27.8. The minimum atomic E-state index is -1.17. The SMILES string of the molecule is CSCC[C@H](N)C(=O)N1CCC[C@H]1C(=O)N[C@@H](CC(C)C)C(=O)N[C@@H](Cc1c[nH]c2ccccc12)C(=O)O. The highest BCUT2D eigenvalue weighted by atomic mass is 32.2. The molecule has 1 aliphatic heterocycles. The van der Waals surface area contributed by atoms with E-state index in [1.54, 1.807) is 18.0 Å². The molecule has 0 bridgehead atoms. The van der Waals surface area contributed by atoms with Crippen molar-refractivity contribution in [2.45, 2.75) is 70.1 Å². The third kappa shape index (κ3) is 7.50. The summed E-state index contributed by atoms with van der Waals surface area (Å²) in [5.74, 6) is -1.60. The van der Waals surface area contributed by atoms with Crippen LogP contribution in [0.15, 0.2) is 30.5 Å². The number of hydrogen-bond acceptors (Lipinski definition) is 6. The first kappa shape index (κ1) is 29.5. The molecule has 1 saturated heterocycles. The molecule has 2 heterocycles. The van der Waals surface area contributed by atoms with Gasteiger partial charge >= 0.3 is 5.97 Å². The highest BCUT2D eigenvalue weighted by molar-refractivity contribution is 7.98. The Kier molecular flexibility index (Phi) is 10.6. The number of aliphatic carboxylic acids is 1. The van der Waals surface area contributed by atoms with Crippen LogP contribution in [0.1, 0.15) is 45.1 Å². The van der Waals surface area contributed by atoms with Crippen molar-refractivity contribution in [1.29, 1.82) is 0 Å². The standard InChI is InChI=1S/C27H39N5O5S/c1-16(2)13-21(30-25(34)23-9-6-11-32(23)26(35)19(28)10-12-38-3)24(33)31-22(27(36)37)14-17-15-29-20-8-5-4-7-18(17)20/h4-5,7-8,15-16,19,21-23,29H,6,9-14,28H2,1-3H3,(H,30,34)(H,31,33)(H,36,37)/t19-,21-,22-,23-/m0/s1. The molecule has 38 heavy (non-hydrogen) atoms. The third-order valence-corrected chi connectivity index (χ3v) is 7.49. The van der Waals surface area contributed by atoms with Gasteiger partial charge in [0.2, 0.25) is 17.7 Å². The van der Waals surface area contributed by atoms with E-state index < -0.39 is 42.0 Å². The number of carbonyl (C=O) groups excluding carboxylic acids is 3. The number of para-hydroxylation sites is 1. The molecule has 0 unspecified atom stereocenters. The number of aromatic nitrogens is 1. The largest absolute Gasteiger partial charge is 0.480 e. The fourth-order valence-corrected chi connectivity index (χ4v) is 5.34. The summed E-state index contributed by atoms with van der Waals surface area (Å²) in [6.45, 7) is 4.28. The minimum Gasteiger partial charge on any atom is -0.480 e. The molecule has 1 aromatic heterocycles. The van der Waals surface area contributed by atoms with Crippen molar-refractivity contribution in [1.82, 2.24) is 20.5 Å². The number of amides is 3. The molecule has 3 amide bonds. The molecule has 6 N–H and O–H groups in total. The normalized spacial score (nSPS) is 17.8. The molecule has 0 saturated carbocycles. The molecular formula is C27H39N5O5S. The number of benzene rings is 1. The zero-order valence-electron chi connectivity index (χ0n) is 22.2. The van der Waals surface area contributed by atoms with E-state index in [1.807, 2.05) is 44.4 Å². The maximum absolute atomic E-state index is 13.3. The van der Waals surface area contributed by atoms with Gasteiger partial charge in [-0.3, -0.25) is 14.4 Å². The van der Waals surface area contributed by atoms with Gasteiger partial charge in [0.25, 0.3) is 0 Å². The zero-order valence-corrected chi connectivity index (χ0v) is 23.1. The first-order chi connectivity index (χ1) is 18.1. The molecule has 0 radical (unpaired) electrons. The number of carbonyl (C=O) groups is 4. The molecule has 3 rings (SSSR count). The van der Waals surface area contributed by atoms with Gasteiger partial charge in [-0.2, -0.15) is 11.8 Å². The molecule has 10 nitrogen and oxygen atoms in total. The van der Waals surface area contributed by atoms with Crippen LogP contribution in [0.3, 0.4) is 0 Å². The van der Waals surface area contributed by atoms with Crippen molar-refractivity contribution >= 4 is 46.4 Å². The van der Waals surface area contributed by atoms with Gasteiger partial charge in [-0.1, -0.05) is 32.0 Å². The fraction of sp³-hybridized carbons (Fsp3) is 0.556. The van der Waals surface area contributed by atoms with E-state index in [-0.39, 0.29) is 18.2 Å². The number of H-pyrrole nitrogens is 1. The Morgan fingerprint density at radius 2 is 1.92 bits per heavy atom. The predicted molar refractivity (Wildman–Crippen MR) is 149 cm³/mol. The lowest BCUT2D eigenvalue weighted by molar-refractivity contribution is -0.143. The van der Waals surface area contributed by atoms with Crippen molar-refractivity contribution in [2.24, 2.45) is 11.7 Å². The Balaban J connectivity index is 1.70. The van der Waals surface area contributed by atoms with Crippen LogP contribution in [-0.4, -0.2) is 81.4 Å². The van der Waals surface area contributed by atoms with Crippen molar-refractivity contribution in [2.75, 3.05) is 18.6 Å². The number of nitrogens with zero attached hydrogens (tertiary/aromatic N) is 1. The molecule has 4 atom stereocenters. The van der Waals surface area contributed by atoms with Gasteiger partial charge in [-0.05, 0) is 55.2 Å². The van der Waals surface area contributed by atoms with Crippen LogP contribution in [0.4, 0.5) is 0 Å². The van der Waals surface area contributed by atoms with Crippen LogP contribution in [0.2, 0.25) is 0 Å². The number of nitrogens with two attached hydrogens (primary N) is 1. The monoisotopic (exact) mass is 545 g/mol. The Hall–Kier alpha value is -3.05. The second-order valence-corrected chi connectivity index (χ2v) is 11.2. The van der Waals surface area contributed by atoms with Gasteiger partial charge in [0, 0.05) is 30.1 Å². The predicted octanol–water partition coefficient (Wildman–Crippen LogP) is 1.88. The number of carboxylic acids is 1. The summed E-state index contributed by atoms with van der Waals surface area (Å²) in [7, 11) is 0. The lowest BCUT2D eigenvalue weighted by Gasteiger charge is -2.29. The van der Waals surface area contributed by atoms with Crippen molar-refractivity contribution < 1.29 is 24.3 Å². The number of rotatable bonds is 13. The van der Waals surface area contributed by atoms with E-state index in [0.717, 1.165) is 22.2 Å². The smallest absolute Gasteiger partial charge is 0.326 e. The van der Waals surface area contributed by atoms with Gasteiger partial charge in [0.15, 0.2) is 0 Å². The first-order valence-electron chi connectivity index (χ1n) is 13.1. The molecule has 2 aromatic rings. The Labute approximate surface area is 227 Å². The van der Waals surface area contributed by atoms with Crippen LogP contribution < -0.4 is 16.4 Å². The van der Waals surface area contributed by atoms with Gasteiger partial charge in [0.05, 0.1) is 6.04 Å². The van der Waals surface area contributed by atoms with Crippen LogP contribution in [0.5, 0.6) is 0 Å². The van der Waals surface area contributed by atoms with E-state index in [2.05, 4.69) is 15.6 Å². The lowest BCUT2D eigenvalue weighted by Crippen LogP contribution is -2.57. The summed E-state index contributed by atoms with van der Waals surface area (Å²) in [5.41, 5.74) is 7.73. The average molecular weight is 546 g/mol. The topological polar surface area (TPSA) is 158 Å². The van der Waals surface area contributed by atoms with Crippen LogP contribution >= 0.6 is 11.8 Å². The second-order valence-electron chi connectivity index (χ2n) is 10.2. The van der Waals surface area contributed by atoms with Crippen molar-refractivity contribution in [3.63, 3.8) is 0 Å². The van der Waals surface area contributed by atoms with Gasteiger partial charge in [0.1, 0.15) is 18.1 Å². The Morgan fingerprint density at radius 1 is 1.18 bits per heavy atom. The molecule has 208 valence electrons.